The van der Waals surface area contributed by atoms with Crippen LogP contribution in [0.5, 0.6) is 0 Å². The largest absolute Gasteiger partial charge is 0.302 e. The van der Waals surface area contributed by atoms with Crippen LogP contribution in [-0.2, 0) is 21.4 Å². The van der Waals surface area contributed by atoms with E-state index in [4.69, 9.17) is 0 Å². The third-order valence-corrected chi connectivity index (χ3v) is 8.83. The molecule has 2 aromatic heterocycles. The van der Waals surface area contributed by atoms with Gasteiger partial charge in [0.15, 0.2) is 5.13 Å². The molecule has 0 saturated carbocycles. The number of rotatable bonds is 6. The van der Waals surface area contributed by atoms with E-state index in [1.807, 2.05) is 5.38 Å². The molecule has 2 fully saturated rings. The van der Waals surface area contributed by atoms with Crippen molar-refractivity contribution in [2.24, 2.45) is 11.8 Å². The van der Waals surface area contributed by atoms with Gasteiger partial charge >= 0.3 is 0 Å². The van der Waals surface area contributed by atoms with E-state index in [0.717, 1.165) is 31.2 Å². The van der Waals surface area contributed by atoms with Gasteiger partial charge in [-0.05, 0) is 56.8 Å². The summed E-state index contributed by atoms with van der Waals surface area (Å²) < 4.78 is 26.9. The Bertz CT molecular complexity index is 979. The van der Waals surface area contributed by atoms with Crippen molar-refractivity contribution in [3.05, 3.63) is 35.6 Å². The monoisotopic (exact) mass is 463 g/mol. The van der Waals surface area contributed by atoms with Gasteiger partial charge in [-0.1, -0.05) is 6.92 Å². The molecule has 0 aromatic carbocycles. The van der Waals surface area contributed by atoms with Gasteiger partial charge in [-0.15, -0.1) is 11.3 Å². The Morgan fingerprint density at radius 3 is 2.61 bits per heavy atom. The average Bonchev–Trinajstić information content (AvgIpc) is 3.22. The highest BCUT2D eigenvalue weighted by atomic mass is 32.2. The Balaban J connectivity index is 1.27. The molecule has 31 heavy (non-hydrogen) atoms. The van der Waals surface area contributed by atoms with Crippen molar-refractivity contribution in [3.63, 3.8) is 0 Å². The van der Waals surface area contributed by atoms with E-state index in [1.165, 1.54) is 34.7 Å². The second-order valence-corrected chi connectivity index (χ2v) is 11.3. The molecule has 2 saturated heterocycles. The Labute approximate surface area is 187 Å². The molecular formula is C21H29N5O3S2. The molecule has 1 amide bonds. The summed E-state index contributed by atoms with van der Waals surface area (Å²) in [4.78, 5) is 23.8. The van der Waals surface area contributed by atoms with E-state index in [9.17, 15) is 13.2 Å². The summed E-state index contributed by atoms with van der Waals surface area (Å²) >= 11 is 1.45. The molecule has 0 bridgehead atoms. The second-order valence-electron chi connectivity index (χ2n) is 8.46. The minimum absolute atomic E-state index is 0.0777. The number of anilines is 1. The molecule has 8 nitrogen and oxygen atoms in total. The molecule has 0 spiro atoms. The molecule has 2 aliphatic heterocycles. The molecule has 0 radical (unpaired) electrons. The zero-order valence-electron chi connectivity index (χ0n) is 17.7. The lowest BCUT2D eigenvalue weighted by Gasteiger charge is -2.30. The second kappa shape index (κ2) is 9.72. The third kappa shape index (κ3) is 5.49. The fourth-order valence-electron chi connectivity index (χ4n) is 4.10. The van der Waals surface area contributed by atoms with Crippen LogP contribution in [0.15, 0.2) is 34.8 Å². The number of amides is 1. The fourth-order valence-corrected chi connectivity index (χ4v) is 6.24. The number of carbonyl (C=O) groups is 1. The summed E-state index contributed by atoms with van der Waals surface area (Å²) in [6.07, 6.45) is 6.35. The predicted molar refractivity (Wildman–Crippen MR) is 120 cm³/mol. The number of likely N-dealkylation sites (tertiary alicyclic amines) is 1. The van der Waals surface area contributed by atoms with E-state index < -0.39 is 10.0 Å². The molecule has 0 unspecified atom stereocenters. The third-order valence-electron chi connectivity index (χ3n) is 6.14. The molecule has 0 atom stereocenters. The number of piperidine rings is 2. The number of thiazole rings is 1. The standard InChI is InChI=1S/C21H29N5O3S2/c1-16-4-9-25(10-5-16)14-18-15-30-21(23-18)24-20(27)17-6-11-26(12-7-17)31(28,29)19-3-2-8-22-13-19/h2-3,8,13,15-17H,4-7,9-12,14H2,1H3,(H,23,24,27). The molecule has 0 aliphatic carbocycles. The lowest BCUT2D eigenvalue weighted by molar-refractivity contribution is -0.120. The number of nitrogens with zero attached hydrogens (tertiary/aromatic N) is 4. The van der Waals surface area contributed by atoms with E-state index in [0.29, 0.717) is 31.1 Å². The van der Waals surface area contributed by atoms with Gasteiger partial charge in [0.1, 0.15) is 4.90 Å². The smallest absolute Gasteiger partial charge is 0.244 e. The predicted octanol–water partition coefficient (Wildman–Crippen LogP) is 2.81. The maximum Gasteiger partial charge on any atom is 0.244 e. The van der Waals surface area contributed by atoms with Crippen LogP contribution in [0, 0.1) is 11.8 Å². The highest BCUT2D eigenvalue weighted by Gasteiger charge is 2.32. The zero-order chi connectivity index (χ0) is 21.8. The summed E-state index contributed by atoms with van der Waals surface area (Å²) in [6, 6.07) is 3.16. The highest BCUT2D eigenvalue weighted by molar-refractivity contribution is 7.89. The van der Waals surface area contributed by atoms with Crippen molar-refractivity contribution in [2.75, 3.05) is 31.5 Å². The minimum Gasteiger partial charge on any atom is -0.302 e. The van der Waals surface area contributed by atoms with Gasteiger partial charge in [0.05, 0.1) is 5.69 Å². The van der Waals surface area contributed by atoms with E-state index in [-0.39, 0.29) is 16.7 Å². The van der Waals surface area contributed by atoms with E-state index >= 15 is 0 Å². The molecule has 2 aliphatic rings. The van der Waals surface area contributed by atoms with Gasteiger partial charge in [0.2, 0.25) is 15.9 Å². The first-order valence-corrected chi connectivity index (χ1v) is 13.1. The number of nitrogens with one attached hydrogen (secondary N) is 1. The van der Waals surface area contributed by atoms with Gasteiger partial charge in [0.25, 0.3) is 0 Å². The Hall–Kier alpha value is -1.88. The lowest BCUT2D eigenvalue weighted by Crippen LogP contribution is -2.41. The maximum atomic E-state index is 12.7. The van der Waals surface area contributed by atoms with Gasteiger partial charge in [-0.2, -0.15) is 4.31 Å². The SMILES string of the molecule is CC1CCN(Cc2csc(NC(=O)C3CCN(S(=O)(=O)c4cccnc4)CC3)n2)CC1. The highest BCUT2D eigenvalue weighted by Crippen LogP contribution is 2.26. The number of hydrogen-bond donors (Lipinski definition) is 1. The van der Waals surface area contributed by atoms with Gasteiger partial charge in [0, 0.05) is 43.3 Å². The minimum atomic E-state index is -3.56. The first kappa shape index (κ1) is 22.3. The number of carbonyl (C=O) groups excluding carboxylic acids is 1. The topological polar surface area (TPSA) is 95.5 Å². The van der Waals surface area contributed by atoms with Crippen molar-refractivity contribution in [2.45, 2.75) is 44.0 Å². The molecule has 2 aromatic rings. The Morgan fingerprint density at radius 2 is 1.94 bits per heavy atom. The van der Waals surface area contributed by atoms with Crippen LogP contribution in [0.4, 0.5) is 5.13 Å². The summed E-state index contributed by atoms with van der Waals surface area (Å²) in [5, 5.41) is 5.57. The van der Waals surface area contributed by atoms with Crippen LogP contribution in [-0.4, -0.2) is 59.7 Å². The number of aromatic nitrogens is 2. The van der Waals surface area contributed by atoms with E-state index in [1.54, 1.807) is 18.3 Å². The molecule has 1 N–H and O–H groups in total. The molecule has 10 heteroatoms. The van der Waals surface area contributed by atoms with Crippen LogP contribution < -0.4 is 5.32 Å². The first-order chi connectivity index (χ1) is 14.9. The van der Waals surface area contributed by atoms with E-state index in [2.05, 4.69) is 27.1 Å². The van der Waals surface area contributed by atoms with Crippen molar-refractivity contribution < 1.29 is 13.2 Å². The summed E-state index contributed by atoms with van der Waals surface area (Å²) in [5.74, 6) is 0.509. The van der Waals surface area contributed by atoms with Gasteiger partial charge < -0.3 is 5.32 Å². The fraction of sp³-hybridized carbons (Fsp3) is 0.571. The lowest BCUT2D eigenvalue weighted by atomic mass is 9.97. The average molecular weight is 464 g/mol. The van der Waals surface area contributed by atoms with Crippen LogP contribution in [0.3, 0.4) is 0 Å². The molecule has 4 heterocycles. The number of pyridine rings is 1. The normalized spacial score (nSPS) is 20.0. The molecule has 4 rings (SSSR count). The summed E-state index contributed by atoms with van der Waals surface area (Å²) in [6.45, 7) is 5.97. The van der Waals surface area contributed by atoms with Gasteiger partial charge in [-0.25, -0.2) is 13.4 Å². The molecular weight excluding hydrogens is 434 g/mol. The number of sulfonamides is 1. The zero-order valence-corrected chi connectivity index (χ0v) is 19.4. The Morgan fingerprint density at radius 1 is 1.19 bits per heavy atom. The maximum absolute atomic E-state index is 12.7. The first-order valence-electron chi connectivity index (χ1n) is 10.8. The van der Waals surface area contributed by atoms with Crippen molar-refractivity contribution in [1.29, 1.82) is 0 Å². The van der Waals surface area contributed by atoms with Crippen molar-refractivity contribution >= 4 is 32.4 Å². The van der Waals surface area contributed by atoms with Crippen LogP contribution in [0.1, 0.15) is 38.3 Å². The summed E-state index contributed by atoms with van der Waals surface area (Å²) in [5.41, 5.74) is 0.993. The Kier molecular flexibility index (Phi) is 7.00. The van der Waals surface area contributed by atoms with Crippen molar-refractivity contribution in [3.8, 4) is 0 Å². The number of hydrogen-bond acceptors (Lipinski definition) is 7. The van der Waals surface area contributed by atoms with Crippen LogP contribution in [0.25, 0.3) is 0 Å². The quantitative estimate of drug-likeness (QED) is 0.708. The summed E-state index contributed by atoms with van der Waals surface area (Å²) in [7, 11) is -3.56. The van der Waals surface area contributed by atoms with Crippen LogP contribution in [0.2, 0.25) is 0 Å². The van der Waals surface area contributed by atoms with Crippen molar-refractivity contribution in [1.82, 2.24) is 19.2 Å². The molecule has 168 valence electrons. The van der Waals surface area contributed by atoms with Gasteiger partial charge in [-0.3, -0.25) is 14.7 Å². The van der Waals surface area contributed by atoms with Crippen LogP contribution >= 0.6 is 11.3 Å².